The van der Waals surface area contributed by atoms with Gasteiger partial charge in [-0.3, -0.25) is 0 Å². The van der Waals surface area contributed by atoms with Gasteiger partial charge < -0.3 is 15.7 Å². The van der Waals surface area contributed by atoms with Gasteiger partial charge in [0.05, 0.1) is 5.56 Å². The third kappa shape index (κ3) is 6.48. The van der Waals surface area contributed by atoms with E-state index in [1.54, 1.807) is 13.0 Å². The number of aliphatic hydroxyl groups excluding tert-OH is 1. The molecule has 0 aliphatic heterocycles. The first kappa shape index (κ1) is 19.3. The van der Waals surface area contributed by atoms with Crippen LogP contribution in [0.3, 0.4) is 0 Å². The van der Waals surface area contributed by atoms with Crippen LogP contribution in [-0.2, 0) is 12.6 Å². The van der Waals surface area contributed by atoms with E-state index in [4.69, 9.17) is 5.11 Å². The number of urea groups is 1. The van der Waals surface area contributed by atoms with Crippen LogP contribution in [0.1, 0.15) is 37.8 Å². The molecule has 2 unspecified atom stereocenters. The van der Waals surface area contributed by atoms with Crippen molar-refractivity contribution in [2.24, 2.45) is 0 Å². The number of amides is 2. The molecule has 4 nitrogen and oxygen atoms in total. The van der Waals surface area contributed by atoms with E-state index in [0.717, 1.165) is 6.07 Å². The van der Waals surface area contributed by atoms with Crippen LogP contribution >= 0.6 is 0 Å². The maximum atomic E-state index is 12.9. The van der Waals surface area contributed by atoms with Gasteiger partial charge >= 0.3 is 12.2 Å². The molecule has 0 heterocycles. The van der Waals surface area contributed by atoms with Crippen LogP contribution in [0.15, 0.2) is 24.3 Å². The van der Waals surface area contributed by atoms with Crippen molar-refractivity contribution in [3.8, 4) is 0 Å². The molecule has 0 radical (unpaired) electrons. The molecule has 0 bridgehead atoms. The normalized spacial score (nSPS) is 14.2. The summed E-state index contributed by atoms with van der Waals surface area (Å²) in [5, 5.41) is 14.2. The second-order valence-corrected chi connectivity index (χ2v) is 5.50. The van der Waals surface area contributed by atoms with Crippen LogP contribution < -0.4 is 10.6 Å². The number of benzene rings is 1. The molecule has 2 atom stereocenters. The van der Waals surface area contributed by atoms with Crippen molar-refractivity contribution in [1.29, 1.82) is 0 Å². The molecule has 7 heteroatoms. The molecule has 0 saturated carbocycles. The minimum atomic E-state index is -4.41. The minimum absolute atomic E-state index is 0.0344. The predicted molar refractivity (Wildman–Crippen MR) is 82.1 cm³/mol. The first-order valence-electron chi connectivity index (χ1n) is 7.60. The van der Waals surface area contributed by atoms with Gasteiger partial charge in [0.25, 0.3) is 0 Å². The van der Waals surface area contributed by atoms with E-state index >= 15 is 0 Å². The summed E-state index contributed by atoms with van der Waals surface area (Å²) in [6.45, 7) is 3.50. The highest BCUT2D eigenvalue weighted by atomic mass is 19.4. The Morgan fingerprint density at radius 1 is 1.26 bits per heavy atom. The first-order valence-corrected chi connectivity index (χ1v) is 7.60. The second-order valence-electron chi connectivity index (χ2n) is 5.50. The monoisotopic (exact) mass is 332 g/mol. The van der Waals surface area contributed by atoms with Gasteiger partial charge in [0.1, 0.15) is 0 Å². The molecule has 130 valence electrons. The van der Waals surface area contributed by atoms with Crippen molar-refractivity contribution in [3.63, 3.8) is 0 Å². The van der Waals surface area contributed by atoms with Crippen molar-refractivity contribution in [3.05, 3.63) is 35.4 Å². The molecule has 1 rings (SSSR count). The van der Waals surface area contributed by atoms with Gasteiger partial charge in [-0.15, -0.1) is 0 Å². The van der Waals surface area contributed by atoms with Gasteiger partial charge in [-0.2, -0.15) is 13.2 Å². The van der Waals surface area contributed by atoms with Gasteiger partial charge in [-0.1, -0.05) is 25.1 Å². The zero-order chi connectivity index (χ0) is 17.5. The molecule has 23 heavy (non-hydrogen) atoms. The van der Waals surface area contributed by atoms with Gasteiger partial charge in [-0.25, -0.2) is 4.79 Å². The van der Waals surface area contributed by atoms with Crippen LogP contribution in [0.5, 0.6) is 0 Å². The van der Waals surface area contributed by atoms with Gasteiger partial charge in [0, 0.05) is 18.7 Å². The SMILES string of the molecule is CCC(CCO)NC(=O)NC(C)Cc1ccccc1C(F)(F)F. The molecular formula is C16H23F3N2O2. The molecule has 1 aromatic rings. The van der Waals surface area contributed by atoms with Crippen LogP contribution in [0, 0.1) is 0 Å². The van der Waals surface area contributed by atoms with E-state index in [-0.39, 0.29) is 24.6 Å². The highest BCUT2D eigenvalue weighted by Gasteiger charge is 2.33. The van der Waals surface area contributed by atoms with E-state index in [1.807, 2.05) is 6.92 Å². The molecule has 0 aliphatic rings. The van der Waals surface area contributed by atoms with E-state index in [9.17, 15) is 18.0 Å². The van der Waals surface area contributed by atoms with Crippen LogP contribution in [0.25, 0.3) is 0 Å². The number of hydrogen-bond acceptors (Lipinski definition) is 2. The largest absolute Gasteiger partial charge is 0.416 e. The van der Waals surface area contributed by atoms with Crippen LogP contribution in [0.2, 0.25) is 0 Å². The lowest BCUT2D eigenvalue weighted by molar-refractivity contribution is -0.138. The average molecular weight is 332 g/mol. The van der Waals surface area contributed by atoms with E-state index in [1.165, 1.54) is 12.1 Å². The number of nitrogens with one attached hydrogen (secondary N) is 2. The fourth-order valence-electron chi connectivity index (χ4n) is 2.34. The Bertz CT molecular complexity index is 506. The number of alkyl halides is 3. The lowest BCUT2D eigenvalue weighted by Gasteiger charge is -2.20. The van der Waals surface area contributed by atoms with E-state index in [0.29, 0.717) is 12.8 Å². The van der Waals surface area contributed by atoms with E-state index < -0.39 is 23.8 Å². The Hall–Kier alpha value is -1.76. The summed E-state index contributed by atoms with van der Waals surface area (Å²) in [6.07, 6.45) is -3.22. The number of rotatable bonds is 7. The Balaban J connectivity index is 2.64. The molecule has 2 amide bonds. The molecule has 0 aromatic heterocycles. The standard InChI is InChI=1S/C16H23F3N2O2/c1-3-13(8-9-22)21-15(23)20-11(2)10-12-6-4-5-7-14(12)16(17,18)19/h4-7,11,13,22H,3,8-10H2,1-2H3,(H2,20,21,23). The average Bonchev–Trinajstić information content (AvgIpc) is 2.45. The zero-order valence-electron chi connectivity index (χ0n) is 13.3. The van der Waals surface area contributed by atoms with Gasteiger partial charge in [0.15, 0.2) is 0 Å². The van der Waals surface area contributed by atoms with Gasteiger partial charge in [0.2, 0.25) is 0 Å². The summed E-state index contributed by atoms with van der Waals surface area (Å²) >= 11 is 0. The van der Waals surface area contributed by atoms with Crippen molar-refractivity contribution in [2.45, 2.75) is 51.4 Å². The molecular weight excluding hydrogens is 309 g/mol. The Morgan fingerprint density at radius 3 is 2.48 bits per heavy atom. The lowest BCUT2D eigenvalue weighted by atomic mass is 10.0. The van der Waals surface area contributed by atoms with Gasteiger partial charge in [-0.05, 0) is 37.8 Å². The Morgan fingerprint density at radius 2 is 1.91 bits per heavy atom. The maximum absolute atomic E-state index is 12.9. The second kappa shape index (κ2) is 8.76. The van der Waals surface area contributed by atoms with Crippen LogP contribution in [0.4, 0.5) is 18.0 Å². The highest BCUT2D eigenvalue weighted by molar-refractivity contribution is 5.74. The number of carbonyl (C=O) groups is 1. The topological polar surface area (TPSA) is 61.4 Å². The lowest BCUT2D eigenvalue weighted by Crippen LogP contribution is -2.46. The number of hydrogen-bond donors (Lipinski definition) is 3. The number of carbonyl (C=O) groups excluding carboxylic acids is 1. The molecule has 0 aliphatic carbocycles. The molecule has 1 aromatic carbocycles. The summed E-state index contributed by atoms with van der Waals surface area (Å²) in [5.41, 5.74) is -0.532. The Kier molecular flexibility index (Phi) is 7.35. The Labute approximate surface area is 134 Å². The van der Waals surface area contributed by atoms with Crippen molar-refractivity contribution in [1.82, 2.24) is 10.6 Å². The predicted octanol–water partition coefficient (Wildman–Crippen LogP) is 3.10. The summed E-state index contributed by atoms with van der Waals surface area (Å²) in [4.78, 5) is 11.8. The van der Waals surface area contributed by atoms with Crippen molar-refractivity contribution >= 4 is 6.03 Å². The van der Waals surface area contributed by atoms with Crippen molar-refractivity contribution < 1.29 is 23.1 Å². The quantitative estimate of drug-likeness (QED) is 0.718. The molecule has 3 N–H and O–H groups in total. The highest BCUT2D eigenvalue weighted by Crippen LogP contribution is 2.32. The summed E-state index contributed by atoms with van der Waals surface area (Å²) < 4.78 is 38.8. The smallest absolute Gasteiger partial charge is 0.396 e. The molecule has 0 spiro atoms. The number of halogens is 3. The van der Waals surface area contributed by atoms with Crippen molar-refractivity contribution in [2.75, 3.05) is 6.61 Å². The summed E-state index contributed by atoms with van der Waals surface area (Å²) in [7, 11) is 0. The van der Waals surface area contributed by atoms with Crippen LogP contribution in [-0.4, -0.2) is 29.8 Å². The third-order valence-corrected chi connectivity index (χ3v) is 3.53. The third-order valence-electron chi connectivity index (χ3n) is 3.53. The fraction of sp³-hybridized carbons (Fsp3) is 0.562. The first-order chi connectivity index (χ1) is 10.8. The zero-order valence-corrected chi connectivity index (χ0v) is 13.3. The number of aliphatic hydroxyl groups is 1. The minimum Gasteiger partial charge on any atom is -0.396 e. The molecule has 0 saturated heterocycles. The summed E-state index contributed by atoms with van der Waals surface area (Å²) in [5.74, 6) is 0. The van der Waals surface area contributed by atoms with E-state index in [2.05, 4.69) is 10.6 Å². The summed E-state index contributed by atoms with van der Waals surface area (Å²) in [6, 6.07) is 4.29. The fourth-order valence-corrected chi connectivity index (χ4v) is 2.34. The molecule has 0 fully saturated rings. The maximum Gasteiger partial charge on any atom is 0.416 e.